The molecule has 1 saturated heterocycles. The van der Waals surface area contributed by atoms with E-state index < -0.39 is 0 Å². The molecule has 2 N–H and O–H groups in total. The van der Waals surface area contributed by atoms with Crippen molar-refractivity contribution in [2.24, 2.45) is 11.7 Å². The summed E-state index contributed by atoms with van der Waals surface area (Å²) in [5, 5.41) is 0. The standard InChI is InChI=1S/C12H19N3/c1-10-4-6-15(7-5-10)12-3-2-11(8-13)14-9-12/h2-3,9-10H,4-8,13H2,1H3. The molecule has 1 aliphatic heterocycles. The zero-order valence-electron chi connectivity index (χ0n) is 9.32. The minimum atomic E-state index is 0.525. The van der Waals surface area contributed by atoms with Gasteiger partial charge >= 0.3 is 0 Å². The summed E-state index contributed by atoms with van der Waals surface area (Å²) in [4.78, 5) is 6.73. The summed E-state index contributed by atoms with van der Waals surface area (Å²) in [6.45, 7) is 5.17. The smallest absolute Gasteiger partial charge is 0.0552 e. The lowest BCUT2D eigenvalue weighted by atomic mass is 9.99. The zero-order chi connectivity index (χ0) is 10.7. The van der Waals surface area contributed by atoms with E-state index in [0.29, 0.717) is 6.54 Å². The molecular weight excluding hydrogens is 186 g/mol. The van der Waals surface area contributed by atoms with Gasteiger partial charge in [-0.1, -0.05) is 6.92 Å². The van der Waals surface area contributed by atoms with Crippen LogP contribution < -0.4 is 10.6 Å². The topological polar surface area (TPSA) is 42.1 Å². The molecule has 2 heterocycles. The monoisotopic (exact) mass is 205 g/mol. The van der Waals surface area contributed by atoms with E-state index >= 15 is 0 Å². The number of hydrogen-bond acceptors (Lipinski definition) is 3. The van der Waals surface area contributed by atoms with Gasteiger partial charge in [-0.3, -0.25) is 4.98 Å². The lowest BCUT2D eigenvalue weighted by molar-refractivity contribution is 0.438. The van der Waals surface area contributed by atoms with Gasteiger partial charge in [0.2, 0.25) is 0 Å². The van der Waals surface area contributed by atoms with Gasteiger partial charge in [0.05, 0.1) is 17.6 Å². The molecule has 0 saturated carbocycles. The molecule has 15 heavy (non-hydrogen) atoms. The van der Waals surface area contributed by atoms with Crippen molar-refractivity contribution in [1.29, 1.82) is 0 Å². The first-order valence-corrected chi connectivity index (χ1v) is 5.69. The second kappa shape index (κ2) is 4.62. The van der Waals surface area contributed by atoms with Crippen LogP contribution in [0.3, 0.4) is 0 Å². The Balaban J connectivity index is 2.03. The van der Waals surface area contributed by atoms with E-state index in [9.17, 15) is 0 Å². The lowest BCUT2D eigenvalue weighted by Gasteiger charge is -2.31. The molecule has 1 aromatic heterocycles. The van der Waals surface area contributed by atoms with Crippen molar-refractivity contribution in [2.75, 3.05) is 18.0 Å². The van der Waals surface area contributed by atoms with E-state index in [-0.39, 0.29) is 0 Å². The number of hydrogen-bond donors (Lipinski definition) is 1. The minimum absolute atomic E-state index is 0.525. The largest absolute Gasteiger partial charge is 0.370 e. The third-order valence-corrected chi connectivity index (χ3v) is 3.17. The van der Waals surface area contributed by atoms with Gasteiger partial charge in [-0.05, 0) is 30.9 Å². The maximum absolute atomic E-state index is 5.52. The van der Waals surface area contributed by atoms with Crippen LogP contribution in [0.2, 0.25) is 0 Å². The highest BCUT2D eigenvalue weighted by Crippen LogP contribution is 2.22. The first kappa shape index (κ1) is 10.4. The lowest BCUT2D eigenvalue weighted by Crippen LogP contribution is -2.32. The van der Waals surface area contributed by atoms with Gasteiger partial charge < -0.3 is 10.6 Å². The molecular formula is C12H19N3. The fourth-order valence-electron chi connectivity index (χ4n) is 1.99. The summed E-state index contributed by atoms with van der Waals surface area (Å²) in [6.07, 6.45) is 4.52. The van der Waals surface area contributed by atoms with E-state index in [1.165, 1.54) is 18.5 Å². The first-order valence-electron chi connectivity index (χ1n) is 5.69. The average Bonchev–Trinajstić information content (AvgIpc) is 2.30. The van der Waals surface area contributed by atoms with E-state index in [0.717, 1.165) is 24.7 Å². The number of pyridine rings is 1. The molecule has 0 amide bonds. The Morgan fingerprint density at radius 2 is 2.13 bits per heavy atom. The fourth-order valence-corrected chi connectivity index (χ4v) is 1.99. The third-order valence-electron chi connectivity index (χ3n) is 3.17. The van der Waals surface area contributed by atoms with E-state index in [2.05, 4.69) is 22.9 Å². The number of nitrogens with two attached hydrogens (primary N) is 1. The molecule has 0 spiro atoms. The van der Waals surface area contributed by atoms with Gasteiger partial charge in [0.15, 0.2) is 0 Å². The molecule has 1 fully saturated rings. The van der Waals surface area contributed by atoms with E-state index in [1.807, 2.05) is 12.3 Å². The summed E-state index contributed by atoms with van der Waals surface area (Å²) in [6, 6.07) is 4.15. The predicted octanol–water partition coefficient (Wildman–Crippen LogP) is 1.78. The van der Waals surface area contributed by atoms with Crippen LogP contribution in [0.15, 0.2) is 18.3 Å². The highest BCUT2D eigenvalue weighted by atomic mass is 15.1. The van der Waals surface area contributed by atoms with E-state index in [4.69, 9.17) is 5.73 Å². The number of aromatic nitrogens is 1. The van der Waals surface area contributed by atoms with Gasteiger partial charge in [0.1, 0.15) is 0 Å². The second-order valence-corrected chi connectivity index (χ2v) is 4.38. The molecule has 0 unspecified atom stereocenters. The fraction of sp³-hybridized carbons (Fsp3) is 0.583. The van der Waals surface area contributed by atoms with Crippen molar-refractivity contribution in [2.45, 2.75) is 26.3 Å². The SMILES string of the molecule is CC1CCN(c2ccc(CN)nc2)CC1. The van der Waals surface area contributed by atoms with Gasteiger partial charge in [0.25, 0.3) is 0 Å². The van der Waals surface area contributed by atoms with Crippen molar-refractivity contribution < 1.29 is 0 Å². The molecule has 82 valence electrons. The molecule has 1 aliphatic rings. The summed E-state index contributed by atoms with van der Waals surface area (Å²) in [7, 11) is 0. The van der Waals surface area contributed by atoms with Crippen LogP contribution in [-0.2, 0) is 6.54 Å². The molecule has 3 heteroatoms. The molecule has 0 aromatic carbocycles. The first-order chi connectivity index (χ1) is 7.29. The van der Waals surface area contributed by atoms with Crippen molar-refractivity contribution in [3.63, 3.8) is 0 Å². The Kier molecular flexibility index (Phi) is 3.21. The van der Waals surface area contributed by atoms with Crippen LogP contribution in [0.25, 0.3) is 0 Å². The zero-order valence-corrected chi connectivity index (χ0v) is 9.32. The van der Waals surface area contributed by atoms with Crippen molar-refractivity contribution >= 4 is 5.69 Å². The van der Waals surface area contributed by atoms with Crippen LogP contribution in [0.4, 0.5) is 5.69 Å². The molecule has 3 nitrogen and oxygen atoms in total. The van der Waals surface area contributed by atoms with Crippen molar-refractivity contribution in [3.05, 3.63) is 24.0 Å². The summed E-state index contributed by atoms with van der Waals surface area (Å²) in [5.41, 5.74) is 7.72. The van der Waals surface area contributed by atoms with Crippen LogP contribution in [0.1, 0.15) is 25.5 Å². The number of nitrogens with zero attached hydrogens (tertiary/aromatic N) is 2. The van der Waals surface area contributed by atoms with Crippen molar-refractivity contribution in [1.82, 2.24) is 4.98 Å². The summed E-state index contributed by atoms with van der Waals surface area (Å²) >= 11 is 0. The quantitative estimate of drug-likeness (QED) is 0.800. The van der Waals surface area contributed by atoms with Gasteiger partial charge in [-0.25, -0.2) is 0 Å². The third kappa shape index (κ3) is 2.48. The Morgan fingerprint density at radius 1 is 1.40 bits per heavy atom. The van der Waals surface area contributed by atoms with Crippen LogP contribution in [0.5, 0.6) is 0 Å². The Morgan fingerprint density at radius 3 is 2.67 bits per heavy atom. The molecule has 0 aliphatic carbocycles. The Labute approximate surface area is 91.3 Å². The number of piperidine rings is 1. The second-order valence-electron chi connectivity index (χ2n) is 4.38. The van der Waals surface area contributed by atoms with Gasteiger partial charge in [0, 0.05) is 19.6 Å². The number of anilines is 1. The summed E-state index contributed by atoms with van der Waals surface area (Å²) < 4.78 is 0. The van der Waals surface area contributed by atoms with Gasteiger partial charge in [-0.15, -0.1) is 0 Å². The Hall–Kier alpha value is -1.09. The van der Waals surface area contributed by atoms with Gasteiger partial charge in [-0.2, -0.15) is 0 Å². The van der Waals surface area contributed by atoms with Crippen LogP contribution in [-0.4, -0.2) is 18.1 Å². The summed E-state index contributed by atoms with van der Waals surface area (Å²) in [5.74, 6) is 0.873. The minimum Gasteiger partial charge on any atom is -0.370 e. The van der Waals surface area contributed by atoms with Crippen LogP contribution >= 0.6 is 0 Å². The molecule has 1 aromatic rings. The average molecular weight is 205 g/mol. The maximum Gasteiger partial charge on any atom is 0.0552 e. The highest BCUT2D eigenvalue weighted by molar-refractivity contribution is 5.44. The normalized spacial score (nSPS) is 18.1. The molecule has 0 radical (unpaired) electrons. The van der Waals surface area contributed by atoms with Crippen molar-refractivity contribution in [3.8, 4) is 0 Å². The predicted molar refractivity (Wildman–Crippen MR) is 62.7 cm³/mol. The number of rotatable bonds is 2. The highest BCUT2D eigenvalue weighted by Gasteiger charge is 2.15. The van der Waals surface area contributed by atoms with E-state index in [1.54, 1.807) is 0 Å². The maximum atomic E-state index is 5.52. The molecule has 0 atom stereocenters. The Bertz CT molecular complexity index is 299. The molecule has 0 bridgehead atoms. The van der Waals surface area contributed by atoms with Crippen LogP contribution in [0, 0.1) is 5.92 Å². The molecule has 2 rings (SSSR count).